The highest BCUT2D eigenvalue weighted by molar-refractivity contribution is 6.29. The maximum atomic E-state index is 12.1. The lowest BCUT2D eigenvalue weighted by molar-refractivity contribution is -0.136. The first-order chi connectivity index (χ1) is 15.5. The van der Waals surface area contributed by atoms with Gasteiger partial charge in [0.05, 0.1) is 16.8 Å². The summed E-state index contributed by atoms with van der Waals surface area (Å²) in [5.41, 5.74) is 7.58. The number of nitrogens with zero attached hydrogens (tertiary/aromatic N) is 1. The van der Waals surface area contributed by atoms with Gasteiger partial charge in [-0.2, -0.15) is 0 Å². The molecule has 4 rings (SSSR count). The highest BCUT2D eigenvalue weighted by Crippen LogP contribution is 2.21. The van der Waals surface area contributed by atoms with Gasteiger partial charge in [0.15, 0.2) is 0 Å². The van der Waals surface area contributed by atoms with E-state index in [1.165, 1.54) is 24.3 Å². The van der Waals surface area contributed by atoms with Gasteiger partial charge in [-0.15, -0.1) is 0 Å². The van der Waals surface area contributed by atoms with Crippen LogP contribution in [0.15, 0.2) is 105 Å². The van der Waals surface area contributed by atoms with Gasteiger partial charge in [-0.3, -0.25) is 4.79 Å². The van der Waals surface area contributed by atoms with E-state index in [2.05, 4.69) is 10.3 Å². The molecule has 0 unspecified atom stereocenters. The largest absolute Gasteiger partial charge is 0.368 e. The van der Waals surface area contributed by atoms with Gasteiger partial charge in [0.2, 0.25) is 5.91 Å². The van der Waals surface area contributed by atoms with Crippen LogP contribution < -0.4 is 11.4 Å². The third kappa shape index (κ3) is 4.24. The van der Waals surface area contributed by atoms with E-state index in [-0.39, 0.29) is 16.7 Å². The Morgan fingerprint density at radius 3 is 2.28 bits per heavy atom. The number of aromatic amines is 1. The number of allylic oxidation sites excluding steroid dienone is 2. The minimum atomic E-state index is -0.746. The van der Waals surface area contributed by atoms with E-state index in [0.717, 1.165) is 5.56 Å². The third-order valence-corrected chi connectivity index (χ3v) is 4.68. The Morgan fingerprint density at radius 2 is 1.62 bits per heavy atom. The summed E-state index contributed by atoms with van der Waals surface area (Å²) in [6.07, 6.45) is 5.59. The molecule has 8 nitrogen and oxygen atoms in total. The number of carbonyl (C=O) groups is 2. The van der Waals surface area contributed by atoms with Crippen LogP contribution in [0.3, 0.4) is 0 Å². The fraction of sp³-hybridized carbons (Fsp3) is 0. The molecule has 3 aromatic rings. The average Bonchev–Trinajstić information content (AvgIpc) is 3.37. The van der Waals surface area contributed by atoms with Gasteiger partial charge in [-0.1, -0.05) is 65.8 Å². The molecule has 2 heterocycles. The van der Waals surface area contributed by atoms with Gasteiger partial charge in [-0.05, 0) is 24.3 Å². The van der Waals surface area contributed by atoms with Crippen molar-refractivity contribution in [1.29, 1.82) is 0 Å². The van der Waals surface area contributed by atoms with Crippen molar-refractivity contribution in [3.05, 3.63) is 112 Å². The topological polar surface area (TPSA) is 128 Å². The van der Waals surface area contributed by atoms with Gasteiger partial charge >= 0.3 is 11.6 Å². The number of nitrogens with two attached hydrogens (primary N) is 1. The number of hydrogen-bond acceptors (Lipinski definition) is 6. The van der Waals surface area contributed by atoms with E-state index in [9.17, 15) is 14.4 Å². The summed E-state index contributed by atoms with van der Waals surface area (Å²) in [5, 5.41) is 6.40. The molecular formula is C24H17N3O5. The molecule has 0 saturated heterocycles. The standard InChI is InChI=1S/C24H17N3O5/c25-22(28)17(11-13-18-20(26-31-23(18)29)15-7-3-1-4-8-15)12-14-19-21(27-32-24(19)30)16-9-5-2-6-10-16/h1-14,26H,(H2,25,28). The predicted octanol–water partition coefficient (Wildman–Crippen LogP) is 2.95. The number of oxime groups is 1. The summed E-state index contributed by atoms with van der Waals surface area (Å²) in [6.45, 7) is 0. The number of nitrogens with one attached hydrogen (secondary N) is 1. The number of aromatic nitrogens is 1. The van der Waals surface area contributed by atoms with Crippen LogP contribution in [0.4, 0.5) is 0 Å². The second-order valence-electron chi connectivity index (χ2n) is 6.73. The molecule has 1 amide bonds. The zero-order valence-corrected chi connectivity index (χ0v) is 16.6. The number of amides is 1. The second-order valence-corrected chi connectivity index (χ2v) is 6.73. The Hall–Kier alpha value is -4.72. The van der Waals surface area contributed by atoms with Crippen LogP contribution >= 0.6 is 0 Å². The summed E-state index contributed by atoms with van der Waals surface area (Å²) < 4.78 is 4.90. The van der Waals surface area contributed by atoms with Crippen LogP contribution in [0.25, 0.3) is 17.3 Å². The fourth-order valence-electron chi connectivity index (χ4n) is 3.08. The SMILES string of the molecule is NC(=O)C(C=Cc1c(-c2ccccc2)[nH]oc1=O)=CC=C1C(=O)ON=C1c1ccccc1. The van der Waals surface area contributed by atoms with Gasteiger partial charge in [0, 0.05) is 16.7 Å². The van der Waals surface area contributed by atoms with Crippen LogP contribution in [0.1, 0.15) is 11.1 Å². The summed E-state index contributed by atoms with van der Waals surface area (Å²) in [5.74, 6) is -1.39. The zero-order chi connectivity index (χ0) is 22.5. The normalized spacial score (nSPS) is 15.2. The van der Waals surface area contributed by atoms with E-state index in [1.54, 1.807) is 24.3 Å². The van der Waals surface area contributed by atoms with Crippen LogP contribution in [-0.2, 0) is 14.4 Å². The number of carbonyl (C=O) groups excluding carboxylic acids is 2. The van der Waals surface area contributed by atoms with Crippen LogP contribution in [-0.4, -0.2) is 22.7 Å². The van der Waals surface area contributed by atoms with Gasteiger partial charge < -0.3 is 15.1 Å². The van der Waals surface area contributed by atoms with Crippen LogP contribution in [0, 0.1) is 0 Å². The fourth-order valence-corrected chi connectivity index (χ4v) is 3.08. The summed E-state index contributed by atoms with van der Waals surface area (Å²) in [7, 11) is 0. The molecule has 0 fully saturated rings. The number of rotatable bonds is 6. The molecule has 0 spiro atoms. The Kier molecular flexibility index (Phi) is 5.76. The van der Waals surface area contributed by atoms with Crippen LogP contribution in [0.5, 0.6) is 0 Å². The van der Waals surface area contributed by atoms with Crippen LogP contribution in [0.2, 0.25) is 0 Å². The molecule has 2 aromatic carbocycles. The molecule has 0 bridgehead atoms. The van der Waals surface area contributed by atoms with E-state index in [1.807, 2.05) is 36.4 Å². The molecule has 0 saturated carbocycles. The lowest BCUT2D eigenvalue weighted by Crippen LogP contribution is -2.13. The Bertz CT molecular complexity index is 1340. The van der Waals surface area contributed by atoms with Crippen molar-refractivity contribution in [2.45, 2.75) is 0 Å². The Morgan fingerprint density at radius 1 is 0.969 bits per heavy atom. The van der Waals surface area contributed by atoms with Gasteiger partial charge in [0.1, 0.15) is 5.71 Å². The third-order valence-electron chi connectivity index (χ3n) is 4.68. The number of hydrogen-bond donors (Lipinski definition) is 2. The monoisotopic (exact) mass is 427 g/mol. The highest BCUT2D eigenvalue weighted by atomic mass is 16.7. The average molecular weight is 427 g/mol. The van der Waals surface area contributed by atoms with E-state index in [4.69, 9.17) is 15.1 Å². The zero-order valence-electron chi connectivity index (χ0n) is 16.6. The molecule has 0 radical (unpaired) electrons. The quantitative estimate of drug-likeness (QED) is 0.355. The summed E-state index contributed by atoms with van der Waals surface area (Å²) in [6, 6.07) is 18.1. The van der Waals surface area contributed by atoms with Crippen molar-refractivity contribution in [3.63, 3.8) is 0 Å². The molecule has 1 aliphatic rings. The van der Waals surface area contributed by atoms with Crippen molar-refractivity contribution in [2.75, 3.05) is 0 Å². The molecule has 0 aliphatic carbocycles. The second kappa shape index (κ2) is 8.97. The van der Waals surface area contributed by atoms with E-state index < -0.39 is 17.5 Å². The molecule has 1 aromatic heterocycles. The molecule has 1 aliphatic heterocycles. The minimum Gasteiger partial charge on any atom is -0.366 e. The Balaban J connectivity index is 1.67. The van der Waals surface area contributed by atoms with Crippen molar-refractivity contribution < 1.29 is 18.9 Å². The number of primary amides is 1. The molecule has 0 atom stereocenters. The first-order valence-corrected chi connectivity index (χ1v) is 9.56. The van der Waals surface area contributed by atoms with Gasteiger partial charge in [0.25, 0.3) is 0 Å². The summed E-state index contributed by atoms with van der Waals surface area (Å²) >= 11 is 0. The first-order valence-electron chi connectivity index (χ1n) is 9.56. The van der Waals surface area contributed by atoms with Crippen molar-refractivity contribution >= 4 is 23.7 Å². The van der Waals surface area contributed by atoms with Gasteiger partial charge in [-0.25, -0.2) is 14.7 Å². The minimum absolute atomic E-state index is 0.0595. The van der Waals surface area contributed by atoms with E-state index >= 15 is 0 Å². The van der Waals surface area contributed by atoms with Crippen molar-refractivity contribution in [2.24, 2.45) is 10.9 Å². The first kappa shape index (κ1) is 20.5. The molecule has 32 heavy (non-hydrogen) atoms. The maximum Gasteiger partial charge on any atom is 0.368 e. The Labute approximate surface area is 182 Å². The number of H-pyrrole nitrogens is 1. The lowest BCUT2D eigenvalue weighted by atomic mass is 10.0. The summed E-state index contributed by atoms with van der Waals surface area (Å²) in [4.78, 5) is 41.0. The maximum absolute atomic E-state index is 12.1. The molecule has 3 N–H and O–H groups in total. The lowest BCUT2D eigenvalue weighted by Gasteiger charge is -2.00. The number of benzene rings is 2. The van der Waals surface area contributed by atoms with E-state index in [0.29, 0.717) is 17.0 Å². The smallest absolute Gasteiger partial charge is 0.366 e. The van der Waals surface area contributed by atoms with Crippen molar-refractivity contribution in [1.82, 2.24) is 5.16 Å². The molecule has 8 heteroatoms. The van der Waals surface area contributed by atoms with Crippen molar-refractivity contribution in [3.8, 4) is 11.3 Å². The highest BCUT2D eigenvalue weighted by Gasteiger charge is 2.26. The predicted molar refractivity (Wildman–Crippen MR) is 118 cm³/mol. The molecular weight excluding hydrogens is 410 g/mol. The molecule has 158 valence electrons.